The van der Waals surface area contributed by atoms with Gasteiger partial charge in [0.05, 0.1) is 0 Å². The van der Waals surface area contributed by atoms with E-state index in [1.165, 1.54) is 25.1 Å². The maximum Gasteiger partial charge on any atom is 0.410 e. The molecule has 0 aliphatic carbocycles. The first kappa shape index (κ1) is 22.4. The number of carbonyl (C=O) groups is 3. The van der Waals surface area contributed by atoms with E-state index < -0.39 is 29.5 Å². The highest BCUT2D eigenvalue weighted by molar-refractivity contribution is 5.85. The van der Waals surface area contributed by atoms with Gasteiger partial charge in [0, 0.05) is 19.0 Å². The molecule has 9 heteroatoms. The Kier molecular flexibility index (Phi) is 7.41. The van der Waals surface area contributed by atoms with Crippen molar-refractivity contribution >= 4 is 17.9 Å². The first-order chi connectivity index (χ1) is 13.6. The minimum Gasteiger partial charge on any atom is -0.478 e. The van der Waals surface area contributed by atoms with Gasteiger partial charge in [-0.2, -0.15) is 0 Å². The number of rotatable bonds is 4. The van der Waals surface area contributed by atoms with Gasteiger partial charge >= 0.3 is 6.09 Å². The van der Waals surface area contributed by atoms with Crippen LogP contribution in [0.5, 0.6) is 5.75 Å². The van der Waals surface area contributed by atoms with Gasteiger partial charge < -0.3 is 14.4 Å². The first-order valence-corrected chi connectivity index (χ1v) is 9.55. The van der Waals surface area contributed by atoms with Crippen LogP contribution in [0.25, 0.3) is 0 Å². The van der Waals surface area contributed by atoms with Crippen molar-refractivity contribution in [2.45, 2.75) is 52.2 Å². The normalized spacial score (nSPS) is 16.0. The van der Waals surface area contributed by atoms with Crippen molar-refractivity contribution in [3.8, 4) is 5.75 Å². The van der Waals surface area contributed by atoms with Crippen molar-refractivity contribution in [2.24, 2.45) is 5.92 Å². The summed E-state index contributed by atoms with van der Waals surface area (Å²) >= 11 is 0. The van der Waals surface area contributed by atoms with Crippen molar-refractivity contribution in [1.29, 1.82) is 0 Å². The molecule has 1 aliphatic rings. The highest BCUT2D eigenvalue weighted by Crippen LogP contribution is 2.20. The second kappa shape index (κ2) is 9.58. The van der Waals surface area contributed by atoms with E-state index in [-0.39, 0.29) is 17.6 Å². The Labute approximate surface area is 169 Å². The zero-order chi connectivity index (χ0) is 21.6. The molecule has 1 unspecified atom stereocenters. The van der Waals surface area contributed by atoms with Gasteiger partial charge in [-0.15, -0.1) is 0 Å². The number of nitrogens with one attached hydrogen (secondary N) is 2. The van der Waals surface area contributed by atoms with E-state index in [1.807, 2.05) is 0 Å². The van der Waals surface area contributed by atoms with Gasteiger partial charge in [0.25, 0.3) is 5.91 Å². The number of piperidine rings is 1. The summed E-state index contributed by atoms with van der Waals surface area (Å²) in [5, 5.41) is 0. The molecule has 1 aromatic rings. The van der Waals surface area contributed by atoms with E-state index in [9.17, 15) is 18.8 Å². The lowest BCUT2D eigenvalue weighted by molar-refractivity contribution is -0.135. The summed E-state index contributed by atoms with van der Waals surface area (Å²) in [6.45, 7) is 7.63. The fourth-order valence-electron chi connectivity index (χ4n) is 2.76. The smallest absolute Gasteiger partial charge is 0.410 e. The molecule has 0 bridgehead atoms. The molecule has 1 aromatic carbocycles. The Morgan fingerprint density at radius 2 is 1.76 bits per heavy atom. The molecule has 160 valence electrons. The minimum atomic E-state index is -0.999. The van der Waals surface area contributed by atoms with Crippen molar-refractivity contribution in [2.75, 3.05) is 13.1 Å². The average Bonchev–Trinajstić information content (AvgIpc) is 2.66. The Morgan fingerprint density at radius 3 is 2.34 bits per heavy atom. The van der Waals surface area contributed by atoms with E-state index >= 15 is 0 Å². The molecule has 1 aliphatic heterocycles. The third-order valence-corrected chi connectivity index (χ3v) is 4.34. The minimum absolute atomic E-state index is 0.0454. The fourth-order valence-corrected chi connectivity index (χ4v) is 2.76. The van der Waals surface area contributed by atoms with Gasteiger partial charge in [0.2, 0.25) is 5.91 Å². The van der Waals surface area contributed by atoms with Crippen LogP contribution in [0, 0.1) is 11.7 Å². The molecule has 29 heavy (non-hydrogen) atoms. The van der Waals surface area contributed by atoms with Gasteiger partial charge in [-0.05, 0) is 52.7 Å². The summed E-state index contributed by atoms with van der Waals surface area (Å²) < 4.78 is 24.2. The van der Waals surface area contributed by atoms with Crippen LogP contribution in [0.4, 0.5) is 9.18 Å². The molecule has 0 aromatic heterocycles. The molecule has 0 saturated carbocycles. The fraction of sp³-hybridized carbons (Fsp3) is 0.550. The van der Waals surface area contributed by atoms with Crippen LogP contribution in [0.1, 0.15) is 40.5 Å². The molecular weight excluding hydrogens is 381 g/mol. The summed E-state index contributed by atoms with van der Waals surface area (Å²) in [6.07, 6.45) is -0.477. The quantitative estimate of drug-likeness (QED) is 0.745. The van der Waals surface area contributed by atoms with Crippen molar-refractivity contribution in [1.82, 2.24) is 15.8 Å². The van der Waals surface area contributed by atoms with Gasteiger partial charge in [-0.25, -0.2) is 9.18 Å². The van der Waals surface area contributed by atoms with E-state index in [0.29, 0.717) is 25.9 Å². The predicted octanol–water partition coefficient (Wildman–Crippen LogP) is 2.39. The number of para-hydroxylation sites is 1. The lowest BCUT2D eigenvalue weighted by atomic mass is 9.96. The molecule has 0 radical (unpaired) electrons. The number of benzene rings is 1. The van der Waals surface area contributed by atoms with Crippen molar-refractivity contribution < 1.29 is 28.2 Å². The number of hydrogen-bond acceptors (Lipinski definition) is 5. The molecule has 8 nitrogen and oxygen atoms in total. The summed E-state index contributed by atoms with van der Waals surface area (Å²) in [4.78, 5) is 38.0. The second-order valence-electron chi connectivity index (χ2n) is 7.91. The number of amides is 3. The lowest BCUT2D eigenvalue weighted by Crippen LogP contribution is -2.51. The van der Waals surface area contributed by atoms with E-state index in [1.54, 1.807) is 31.7 Å². The summed E-state index contributed by atoms with van der Waals surface area (Å²) in [6, 6.07) is 5.75. The Morgan fingerprint density at radius 1 is 1.14 bits per heavy atom. The third-order valence-electron chi connectivity index (χ3n) is 4.34. The SMILES string of the molecule is CC(Oc1ccccc1F)C(=O)NNC(=O)C1CCN(C(=O)OC(C)(C)C)CC1. The number of hydrogen-bond donors (Lipinski definition) is 2. The van der Waals surface area contributed by atoms with Crippen LogP contribution >= 0.6 is 0 Å². The lowest BCUT2D eigenvalue weighted by Gasteiger charge is -2.32. The number of likely N-dealkylation sites (tertiary alicyclic amines) is 1. The topological polar surface area (TPSA) is 97.0 Å². The van der Waals surface area contributed by atoms with Crippen LogP contribution in [-0.4, -0.2) is 47.6 Å². The van der Waals surface area contributed by atoms with Crippen LogP contribution in [0.3, 0.4) is 0 Å². The molecule has 2 N–H and O–H groups in total. The van der Waals surface area contributed by atoms with Gasteiger partial charge in [0.15, 0.2) is 17.7 Å². The van der Waals surface area contributed by atoms with Gasteiger partial charge in [-0.1, -0.05) is 12.1 Å². The summed E-state index contributed by atoms with van der Waals surface area (Å²) in [5.74, 6) is -1.91. The van der Waals surface area contributed by atoms with E-state index in [4.69, 9.17) is 9.47 Å². The number of halogens is 1. The number of hydrazine groups is 1. The summed E-state index contributed by atoms with van der Waals surface area (Å²) in [5.41, 5.74) is 4.09. The van der Waals surface area contributed by atoms with Crippen LogP contribution in [-0.2, 0) is 14.3 Å². The summed E-state index contributed by atoms with van der Waals surface area (Å²) in [7, 11) is 0. The van der Waals surface area contributed by atoms with Crippen LogP contribution in [0.2, 0.25) is 0 Å². The van der Waals surface area contributed by atoms with Crippen LogP contribution < -0.4 is 15.6 Å². The van der Waals surface area contributed by atoms with Gasteiger partial charge in [0.1, 0.15) is 5.60 Å². The Hall–Kier alpha value is -2.84. The van der Waals surface area contributed by atoms with E-state index in [2.05, 4.69) is 10.9 Å². The molecule has 0 spiro atoms. The molecule has 1 saturated heterocycles. The van der Waals surface area contributed by atoms with Crippen LogP contribution in [0.15, 0.2) is 24.3 Å². The molecule has 1 atom stereocenters. The molecule has 2 rings (SSSR count). The zero-order valence-corrected chi connectivity index (χ0v) is 17.2. The number of carbonyl (C=O) groups excluding carboxylic acids is 3. The Balaban J connectivity index is 1.75. The Bertz CT molecular complexity index is 742. The van der Waals surface area contributed by atoms with Crippen molar-refractivity contribution in [3.05, 3.63) is 30.1 Å². The molecular formula is C20H28FN3O5. The third kappa shape index (κ3) is 6.92. The maximum atomic E-state index is 13.6. The number of nitrogens with zero attached hydrogens (tertiary/aromatic N) is 1. The molecule has 1 heterocycles. The van der Waals surface area contributed by atoms with Gasteiger partial charge in [-0.3, -0.25) is 20.4 Å². The zero-order valence-electron chi connectivity index (χ0n) is 17.2. The monoisotopic (exact) mass is 409 g/mol. The highest BCUT2D eigenvalue weighted by atomic mass is 19.1. The molecule has 1 fully saturated rings. The largest absolute Gasteiger partial charge is 0.478 e. The molecule has 3 amide bonds. The predicted molar refractivity (Wildman–Crippen MR) is 103 cm³/mol. The standard InChI is InChI=1S/C20H28FN3O5/c1-13(28-16-8-6-5-7-15(16)21)17(25)22-23-18(26)14-9-11-24(12-10-14)19(27)29-20(2,3)4/h5-8,13-14H,9-12H2,1-4H3,(H,22,25)(H,23,26). The van der Waals surface area contributed by atoms with E-state index in [0.717, 1.165) is 0 Å². The highest BCUT2D eigenvalue weighted by Gasteiger charge is 2.30. The van der Waals surface area contributed by atoms with Crippen molar-refractivity contribution in [3.63, 3.8) is 0 Å². The first-order valence-electron chi connectivity index (χ1n) is 9.55. The maximum absolute atomic E-state index is 13.6. The second-order valence-corrected chi connectivity index (χ2v) is 7.91. The average molecular weight is 409 g/mol. The number of ether oxygens (including phenoxy) is 2.